The topological polar surface area (TPSA) is 106 Å². The number of hydroxylamine groups is 1. The summed E-state index contributed by atoms with van der Waals surface area (Å²) in [6.07, 6.45) is 0. The highest BCUT2D eigenvalue weighted by molar-refractivity contribution is 6.32. The minimum absolute atomic E-state index is 0.283. The molecule has 0 bridgehead atoms. The van der Waals surface area contributed by atoms with Crippen LogP contribution < -0.4 is 20.3 Å². The standard InChI is InChI=1S/C11H13ClN2O6/c1-18-8-4-7(9(19-2)3-6(8)12)13-11(17)14-20-5-10(15)16/h3-4H,5H2,1-2H3,(H,15,16)(H2,13,14,17). The maximum absolute atomic E-state index is 11.5. The molecule has 1 rings (SSSR count). The van der Waals surface area contributed by atoms with Gasteiger partial charge in [-0.05, 0) is 0 Å². The Hall–Kier alpha value is -2.19. The molecule has 0 aliphatic rings. The van der Waals surface area contributed by atoms with Crippen LogP contribution in [0.5, 0.6) is 11.5 Å². The Balaban J connectivity index is 2.75. The Labute approximate surface area is 119 Å². The zero-order valence-corrected chi connectivity index (χ0v) is 11.5. The predicted octanol–water partition coefficient (Wildman–Crippen LogP) is 1.49. The lowest BCUT2D eigenvalue weighted by molar-refractivity contribution is -0.143. The summed E-state index contributed by atoms with van der Waals surface area (Å²) in [6.45, 7) is -0.658. The first-order valence-corrected chi connectivity index (χ1v) is 5.67. The van der Waals surface area contributed by atoms with Gasteiger partial charge in [0, 0.05) is 12.1 Å². The van der Waals surface area contributed by atoms with Crippen molar-refractivity contribution in [3.63, 3.8) is 0 Å². The Morgan fingerprint density at radius 3 is 2.45 bits per heavy atom. The van der Waals surface area contributed by atoms with Crippen LogP contribution in [-0.4, -0.2) is 37.9 Å². The summed E-state index contributed by atoms with van der Waals surface area (Å²) in [7, 11) is 2.83. The third-order valence-electron chi connectivity index (χ3n) is 2.08. The maximum Gasteiger partial charge on any atom is 0.343 e. The number of ether oxygens (including phenoxy) is 2. The van der Waals surface area contributed by atoms with Gasteiger partial charge in [-0.1, -0.05) is 11.6 Å². The van der Waals surface area contributed by atoms with Crippen molar-refractivity contribution < 1.29 is 29.0 Å². The van der Waals surface area contributed by atoms with Crippen LogP contribution in [0, 0.1) is 0 Å². The van der Waals surface area contributed by atoms with Crippen molar-refractivity contribution in [2.24, 2.45) is 0 Å². The number of anilines is 1. The molecule has 0 aliphatic heterocycles. The molecule has 9 heteroatoms. The molecule has 0 unspecified atom stereocenters. The van der Waals surface area contributed by atoms with Crippen LogP contribution >= 0.6 is 11.6 Å². The molecule has 8 nitrogen and oxygen atoms in total. The summed E-state index contributed by atoms with van der Waals surface area (Å²) in [6, 6.07) is 2.15. The molecule has 0 saturated carbocycles. The van der Waals surface area contributed by atoms with Gasteiger partial charge in [0.1, 0.15) is 11.5 Å². The Morgan fingerprint density at radius 2 is 1.90 bits per heavy atom. The highest BCUT2D eigenvalue weighted by Crippen LogP contribution is 2.35. The van der Waals surface area contributed by atoms with E-state index in [1.807, 2.05) is 5.48 Å². The Bertz CT molecular complexity index is 508. The van der Waals surface area contributed by atoms with Crippen LogP contribution in [0.2, 0.25) is 5.02 Å². The van der Waals surface area contributed by atoms with Gasteiger partial charge in [-0.15, -0.1) is 0 Å². The molecule has 0 aliphatic carbocycles. The number of halogens is 1. The summed E-state index contributed by atoms with van der Waals surface area (Å²) in [5, 5.41) is 11.1. The second-order valence-corrected chi connectivity index (χ2v) is 3.83. The zero-order valence-electron chi connectivity index (χ0n) is 10.7. The van der Waals surface area contributed by atoms with Crippen molar-refractivity contribution in [1.82, 2.24) is 5.48 Å². The van der Waals surface area contributed by atoms with E-state index in [0.717, 1.165) is 0 Å². The van der Waals surface area contributed by atoms with Gasteiger partial charge in [0.25, 0.3) is 0 Å². The molecule has 0 fully saturated rings. The molecule has 20 heavy (non-hydrogen) atoms. The van der Waals surface area contributed by atoms with Crippen LogP contribution in [0.25, 0.3) is 0 Å². The van der Waals surface area contributed by atoms with Crippen molar-refractivity contribution in [2.75, 3.05) is 26.1 Å². The molecule has 0 saturated heterocycles. The van der Waals surface area contributed by atoms with Gasteiger partial charge in [-0.3, -0.25) is 4.84 Å². The lowest BCUT2D eigenvalue weighted by Gasteiger charge is -2.13. The van der Waals surface area contributed by atoms with Gasteiger partial charge in [0.2, 0.25) is 0 Å². The first-order chi connectivity index (χ1) is 9.47. The second kappa shape index (κ2) is 7.41. The van der Waals surface area contributed by atoms with E-state index in [-0.39, 0.29) is 5.69 Å². The van der Waals surface area contributed by atoms with Crippen LogP contribution in [0.3, 0.4) is 0 Å². The van der Waals surface area contributed by atoms with Crippen molar-refractivity contribution >= 4 is 29.3 Å². The second-order valence-electron chi connectivity index (χ2n) is 3.43. The van der Waals surface area contributed by atoms with Crippen LogP contribution in [0.4, 0.5) is 10.5 Å². The van der Waals surface area contributed by atoms with Gasteiger partial charge in [0.15, 0.2) is 6.61 Å². The molecular weight excluding hydrogens is 292 g/mol. The van der Waals surface area contributed by atoms with Gasteiger partial charge < -0.3 is 19.9 Å². The van der Waals surface area contributed by atoms with Crippen LogP contribution in [-0.2, 0) is 9.63 Å². The number of methoxy groups -OCH3 is 2. The molecule has 110 valence electrons. The number of nitrogens with one attached hydrogen (secondary N) is 2. The fourth-order valence-electron chi connectivity index (χ4n) is 1.27. The third kappa shape index (κ3) is 4.48. The first-order valence-electron chi connectivity index (χ1n) is 5.30. The highest BCUT2D eigenvalue weighted by Gasteiger charge is 2.12. The van der Waals surface area contributed by atoms with Crippen molar-refractivity contribution in [2.45, 2.75) is 0 Å². The van der Waals surface area contributed by atoms with Gasteiger partial charge in [0.05, 0.1) is 24.9 Å². The van der Waals surface area contributed by atoms with Crippen molar-refractivity contribution in [3.8, 4) is 11.5 Å². The summed E-state index contributed by atoms with van der Waals surface area (Å²) >= 11 is 5.91. The number of carboxylic acid groups (broad SMARTS) is 1. The summed E-state index contributed by atoms with van der Waals surface area (Å²) in [5.41, 5.74) is 2.19. The van der Waals surface area contributed by atoms with Crippen molar-refractivity contribution in [1.29, 1.82) is 0 Å². The van der Waals surface area contributed by atoms with E-state index in [4.69, 9.17) is 26.2 Å². The monoisotopic (exact) mass is 304 g/mol. The van der Waals surface area contributed by atoms with Crippen LogP contribution in [0.15, 0.2) is 12.1 Å². The summed E-state index contributed by atoms with van der Waals surface area (Å²) in [5.74, 6) is -0.561. The molecular formula is C11H13ClN2O6. The third-order valence-corrected chi connectivity index (χ3v) is 2.38. The number of carboxylic acids is 1. The SMILES string of the molecule is COc1cc(NC(=O)NOCC(=O)O)c(OC)cc1Cl. The molecule has 0 spiro atoms. The number of rotatable bonds is 6. The number of hydrogen-bond donors (Lipinski definition) is 3. The lowest BCUT2D eigenvalue weighted by atomic mass is 10.2. The molecule has 3 N–H and O–H groups in total. The summed E-state index contributed by atoms with van der Waals surface area (Å²) in [4.78, 5) is 26.1. The molecule has 0 aromatic heterocycles. The van der Waals surface area contributed by atoms with E-state index in [2.05, 4.69) is 10.2 Å². The first kappa shape index (κ1) is 15.9. The lowest BCUT2D eigenvalue weighted by Crippen LogP contribution is -2.31. The Kier molecular flexibility index (Phi) is 5.88. The number of amides is 2. The molecule has 1 aromatic rings. The zero-order chi connectivity index (χ0) is 15.1. The fourth-order valence-corrected chi connectivity index (χ4v) is 1.50. The van der Waals surface area contributed by atoms with E-state index in [9.17, 15) is 9.59 Å². The van der Waals surface area contributed by atoms with Gasteiger partial charge in [-0.25, -0.2) is 15.1 Å². The molecule has 0 radical (unpaired) electrons. The van der Waals surface area contributed by atoms with Gasteiger partial charge >= 0.3 is 12.0 Å². The largest absolute Gasteiger partial charge is 0.495 e. The number of hydrogen-bond acceptors (Lipinski definition) is 5. The van der Waals surface area contributed by atoms with E-state index in [1.165, 1.54) is 26.4 Å². The number of aliphatic carboxylic acids is 1. The minimum Gasteiger partial charge on any atom is -0.495 e. The smallest absolute Gasteiger partial charge is 0.343 e. The van der Waals surface area contributed by atoms with E-state index < -0.39 is 18.6 Å². The normalized spacial score (nSPS) is 9.75. The predicted molar refractivity (Wildman–Crippen MR) is 70.3 cm³/mol. The molecule has 2 amide bonds. The van der Waals surface area contributed by atoms with Crippen molar-refractivity contribution in [3.05, 3.63) is 17.2 Å². The average molecular weight is 305 g/mol. The van der Waals surface area contributed by atoms with E-state index in [0.29, 0.717) is 16.5 Å². The fraction of sp³-hybridized carbons (Fsp3) is 0.273. The average Bonchev–Trinajstić information content (AvgIpc) is 2.39. The number of carbonyl (C=O) groups is 2. The molecule has 0 heterocycles. The summed E-state index contributed by atoms with van der Waals surface area (Å²) < 4.78 is 10.1. The molecule has 0 atom stereocenters. The molecule has 1 aromatic carbocycles. The van der Waals surface area contributed by atoms with Crippen LogP contribution in [0.1, 0.15) is 0 Å². The van der Waals surface area contributed by atoms with E-state index in [1.54, 1.807) is 0 Å². The number of carbonyl (C=O) groups excluding carboxylic acids is 1. The Morgan fingerprint density at radius 1 is 1.25 bits per heavy atom. The number of benzene rings is 1. The highest BCUT2D eigenvalue weighted by atomic mass is 35.5. The van der Waals surface area contributed by atoms with Gasteiger partial charge in [-0.2, -0.15) is 0 Å². The minimum atomic E-state index is -1.21. The van der Waals surface area contributed by atoms with E-state index >= 15 is 0 Å². The maximum atomic E-state index is 11.5. The number of urea groups is 1. The quantitative estimate of drug-likeness (QED) is 0.688.